The zero-order valence-corrected chi connectivity index (χ0v) is 21.0. The summed E-state index contributed by atoms with van der Waals surface area (Å²) < 4.78 is 26.6. The third-order valence-electron chi connectivity index (χ3n) is 5.86. The van der Waals surface area contributed by atoms with Gasteiger partial charge < -0.3 is 4.98 Å². The summed E-state index contributed by atoms with van der Waals surface area (Å²) in [4.78, 5) is 20.5. The summed E-state index contributed by atoms with van der Waals surface area (Å²) in [6.07, 6.45) is 10.1. The van der Waals surface area contributed by atoms with Gasteiger partial charge in [0.05, 0.1) is 34.9 Å². The topological polar surface area (TPSA) is 142 Å². The van der Waals surface area contributed by atoms with Crippen LogP contribution in [0.5, 0.6) is 0 Å². The fraction of sp³-hybridized carbons (Fsp3) is 0.115. The lowest BCUT2D eigenvalue weighted by Gasteiger charge is -2.08. The van der Waals surface area contributed by atoms with E-state index in [9.17, 15) is 8.42 Å². The van der Waals surface area contributed by atoms with E-state index in [-0.39, 0.29) is 5.75 Å². The molecule has 0 aliphatic rings. The van der Waals surface area contributed by atoms with E-state index in [0.29, 0.717) is 17.2 Å². The van der Waals surface area contributed by atoms with Gasteiger partial charge in [-0.2, -0.15) is 5.10 Å². The van der Waals surface area contributed by atoms with Crippen LogP contribution < -0.4 is 4.72 Å². The van der Waals surface area contributed by atoms with Gasteiger partial charge in [0, 0.05) is 35.1 Å². The molecular weight excluding hydrogens is 488 g/mol. The van der Waals surface area contributed by atoms with Crippen molar-refractivity contribution in [1.29, 1.82) is 0 Å². The number of fused-ring (bicyclic) bond motifs is 2. The fourth-order valence-electron chi connectivity index (χ4n) is 3.98. The standard InChI is InChI=1S/C26H24N8O2S/c1-4-37(35,36)34-19(13-27-3)10-16(2)17-7-8-22-20(11-17)25(33-32-22)26-30-23-15-29-14-21(24(23)31-26)18-6-5-9-28-12-18/h5-15,34H,3-4H2,1-2H3,(H,30,31)(H,32,33)/b16-10+,19-13+. The number of nitrogens with zero attached hydrogens (tertiary/aromatic N) is 5. The number of H-pyrrole nitrogens is 2. The van der Waals surface area contributed by atoms with Crippen molar-refractivity contribution in [2.24, 2.45) is 4.99 Å². The highest BCUT2D eigenvalue weighted by Gasteiger charge is 2.16. The molecule has 11 heteroatoms. The summed E-state index contributed by atoms with van der Waals surface area (Å²) in [6, 6.07) is 9.69. The van der Waals surface area contributed by atoms with Gasteiger partial charge >= 0.3 is 0 Å². The summed E-state index contributed by atoms with van der Waals surface area (Å²) in [5.74, 6) is 0.555. The van der Waals surface area contributed by atoms with Gasteiger partial charge in [0.15, 0.2) is 5.82 Å². The number of sulfonamides is 1. The van der Waals surface area contributed by atoms with Gasteiger partial charge in [0.25, 0.3) is 0 Å². The van der Waals surface area contributed by atoms with Gasteiger partial charge in [-0.3, -0.25) is 24.8 Å². The molecule has 0 saturated carbocycles. The number of imidazole rings is 1. The first-order valence-electron chi connectivity index (χ1n) is 11.5. The van der Waals surface area contributed by atoms with E-state index in [1.54, 1.807) is 37.8 Å². The zero-order valence-electron chi connectivity index (χ0n) is 20.2. The summed E-state index contributed by atoms with van der Waals surface area (Å²) in [5.41, 5.74) is 6.90. The number of hydrogen-bond acceptors (Lipinski definition) is 7. The molecule has 0 fully saturated rings. The minimum Gasteiger partial charge on any atom is -0.335 e. The minimum absolute atomic E-state index is 0.0474. The van der Waals surface area contributed by atoms with Gasteiger partial charge in [-0.25, -0.2) is 13.4 Å². The predicted molar refractivity (Wildman–Crippen MR) is 146 cm³/mol. The Hall–Kier alpha value is -4.64. The monoisotopic (exact) mass is 512 g/mol. The first-order valence-corrected chi connectivity index (χ1v) is 13.1. The second-order valence-electron chi connectivity index (χ2n) is 8.34. The van der Waals surface area contributed by atoms with Crippen molar-refractivity contribution in [2.45, 2.75) is 13.8 Å². The lowest BCUT2D eigenvalue weighted by molar-refractivity contribution is 0.590. The van der Waals surface area contributed by atoms with Gasteiger partial charge in [0.1, 0.15) is 11.2 Å². The maximum Gasteiger partial charge on any atom is 0.232 e. The highest BCUT2D eigenvalue weighted by atomic mass is 32.2. The molecule has 0 amide bonds. The third-order valence-corrected chi connectivity index (χ3v) is 7.17. The second-order valence-corrected chi connectivity index (χ2v) is 10.4. The number of allylic oxidation sites excluding steroid dienone is 2. The van der Waals surface area contributed by atoms with Crippen LogP contribution in [0.15, 0.2) is 78.1 Å². The Morgan fingerprint density at radius 1 is 1.16 bits per heavy atom. The Morgan fingerprint density at radius 3 is 2.78 bits per heavy atom. The molecule has 5 rings (SSSR count). The highest BCUT2D eigenvalue weighted by molar-refractivity contribution is 7.89. The molecule has 0 aliphatic heterocycles. The van der Waals surface area contributed by atoms with E-state index >= 15 is 0 Å². The van der Waals surface area contributed by atoms with Crippen LogP contribution in [0, 0.1) is 0 Å². The lowest BCUT2D eigenvalue weighted by atomic mass is 10.0. The van der Waals surface area contributed by atoms with Crippen LogP contribution in [0.25, 0.3) is 50.2 Å². The van der Waals surface area contributed by atoms with Crippen LogP contribution in [0.2, 0.25) is 0 Å². The number of rotatable bonds is 8. The third kappa shape index (κ3) is 4.89. The van der Waals surface area contributed by atoms with E-state index in [1.165, 1.54) is 6.20 Å². The number of aromatic nitrogens is 6. The van der Waals surface area contributed by atoms with Crippen LogP contribution in [-0.2, 0) is 10.0 Å². The van der Waals surface area contributed by atoms with Crippen LogP contribution in [0.1, 0.15) is 19.4 Å². The van der Waals surface area contributed by atoms with Crippen LogP contribution in [0.4, 0.5) is 0 Å². The van der Waals surface area contributed by atoms with E-state index in [0.717, 1.165) is 44.2 Å². The predicted octanol–water partition coefficient (Wildman–Crippen LogP) is 4.45. The number of pyridine rings is 2. The molecule has 4 heterocycles. The second kappa shape index (κ2) is 9.78. The SMILES string of the molecule is C=N/C=C(\C=C(/C)c1ccc2[nH]nc(-c3nc4c(-c5cccnc5)cncc4[nH]3)c2c1)NS(=O)(=O)CC. The molecule has 37 heavy (non-hydrogen) atoms. The molecule has 10 nitrogen and oxygen atoms in total. The smallest absolute Gasteiger partial charge is 0.232 e. The van der Waals surface area contributed by atoms with Crippen molar-refractivity contribution < 1.29 is 8.42 Å². The summed E-state index contributed by atoms with van der Waals surface area (Å²) in [5, 5.41) is 8.44. The molecule has 186 valence electrons. The molecule has 0 spiro atoms. The summed E-state index contributed by atoms with van der Waals surface area (Å²) >= 11 is 0. The molecular formula is C26H24N8O2S. The molecule has 0 atom stereocenters. The average Bonchev–Trinajstić information content (AvgIpc) is 3.52. The summed E-state index contributed by atoms with van der Waals surface area (Å²) in [6.45, 7) is 6.90. The van der Waals surface area contributed by atoms with Crippen molar-refractivity contribution >= 4 is 44.3 Å². The summed E-state index contributed by atoms with van der Waals surface area (Å²) in [7, 11) is -3.46. The largest absolute Gasteiger partial charge is 0.335 e. The molecule has 0 saturated heterocycles. The van der Waals surface area contributed by atoms with Gasteiger partial charge in [-0.15, -0.1) is 0 Å². The molecule has 0 aliphatic carbocycles. The fourth-order valence-corrected chi connectivity index (χ4v) is 4.59. The number of benzene rings is 1. The Morgan fingerprint density at radius 2 is 2.03 bits per heavy atom. The van der Waals surface area contributed by atoms with Gasteiger partial charge in [-0.05, 0) is 56.0 Å². The number of aliphatic imine (C=N–C) groups is 1. The maximum atomic E-state index is 12.1. The number of nitrogens with one attached hydrogen (secondary N) is 3. The molecule has 4 aromatic heterocycles. The Kier molecular flexibility index (Phi) is 6.36. The first kappa shape index (κ1) is 24.1. The van der Waals surface area contributed by atoms with E-state index in [2.05, 4.69) is 41.6 Å². The number of aromatic amines is 2. The Bertz CT molecular complexity index is 1780. The molecule has 3 N–H and O–H groups in total. The van der Waals surface area contributed by atoms with Gasteiger partial charge in [0.2, 0.25) is 10.0 Å². The van der Waals surface area contributed by atoms with Gasteiger partial charge in [-0.1, -0.05) is 12.1 Å². The first-order chi connectivity index (χ1) is 17.9. The van der Waals surface area contributed by atoms with Crippen LogP contribution in [-0.4, -0.2) is 51.0 Å². The van der Waals surface area contributed by atoms with E-state index in [1.807, 2.05) is 37.3 Å². The average molecular weight is 513 g/mol. The molecule has 1 aromatic carbocycles. The van der Waals surface area contributed by atoms with Crippen LogP contribution in [0.3, 0.4) is 0 Å². The van der Waals surface area contributed by atoms with Crippen molar-refractivity contribution in [2.75, 3.05) is 5.75 Å². The number of hydrogen-bond donors (Lipinski definition) is 3. The van der Waals surface area contributed by atoms with E-state index in [4.69, 9.17) is 4.98 Å². The van der Waals surface area contributed by atoms with Crippen molar-refractivity contribution in [1.82, 2.24) is 34.9 Å². The van der Waals surface area contributed by atoms with Crippen LogP contribution >= 0.6 is 0 Å². The lowest BCUT2D eigenvalue weighted by Crippen LogP contribution is -2.23. The zero-order chi connectivity index (χ0) is 26.0. The van der Waals surface area contributed by atoms with Crippen molar-refractivity contribution in [3.8, 4) is 22.6 Å². The molecule has 0 unspecified atom stereocenters. The minimum atomic E-state index is -3.46. The maximum absolute atomic E-state index is 12.1. The Labute approximate surface area is 213 Å². The Balaban J connectivity index is 1.56. The van der Waals surface area contributed by atoms with Crippen molar-refractivity contribution in [3.63, 3.8) is 0 Å². The quantitative estimate of drug-likeness (QED) is 0.207. The molecule has 5 aromatic rings. The normalized spacial score (nSPS) is 12.8. The highest BCUT2D eigenvalue weighted by Crippen LogP contribution is 2.31. The molecule has 0 radical (unpaired) electrons. The molecule has 0 bridgehead atoms. The van der Waals surface area contributed by atoms with E-state index < -0.39 is 10.0 Å². The van der Waals surface area contributed by atoms with Crippen molar-refractivity contribution in [3.05, 3.63) is 78.7 Å².